The Bertz CT molecular complexity index is 758. The molecule has 1 saturated carbocycles. The highest BCUT2D eigenvalue weighted by Gasteiger charge is 2.25. The number of amides is 1. The molecule has 1 aromatic carbocycles. The number of rotatable bonds is 8. The predicted molar refractivity (Wildman–Crippen MR) is 110 cm³/mol. The van der Waals surface area contributed by atoms with E-state index < -0.39 is 0 Å². The zero-order valence-electron chi connectivity index (χ0n) is 16.9. The number of hydrogen-bond acceptors (Lipinski definition) is 4. The van der Waals surface area contributed by atoms with Crippen molar-refractivity contribution in [3.63, 3.8) is 0 Å². The minimum atomic E-state index is 0.0779. The minimum absolute atomic E-state index is 0.0779. The van der Waals surface area contributed by atoms with Gasteiger partial charge in [-0.3, -0.25) is 9.78 Å². The van der Waals surface area contributed by atoms with E-state index in [-0.39, 0.29) is 5.91 Å². The summed E-state index contributed by atoms with van der Waals surface area (Å²) in [6, 6.07) is 9.69. The van der Waals surface area contributed by atoms with E-state index in [1.54, 1.807) is 12.4 Å². The SMILES string of the molecule is CCOc1cc(C(=O)N(CC)C2CCCCC2)ccc1OCc1cccnc1. The molecule has 0 saturated heterocycles. The topological polar surface area (TPSA) is 51.7 Å². The van der Waals surface area contributed by atoms with E-state index in [9.17, 15) is 4.79 Å². The summed E-state index contributed by atoms with van der Waals surface area (Å²) in [5.74, 6) is 1.33. The summed E-state index contributed by atoms with van der Waals surface area (Å²) in [7, 11) is 0. The lowest BCUT2D eigenvalue weighted by atomic mass is 9.93. The standard InChI is InChI=1S/C23H30N2O3/c1-3-25(20-10-6-5-7-11-20)23(26)19-12-13-21(22(15-19)27-4-2)28-17-18-9-8-14-24-16-18/h8-9,12-16,20H,3-7,10-11,17H2,1-2H3. The summed E-state index contributed by atoms with van der Waals surface area (Å²) < 4.78 is 11.7. The van der Waals surface area contributed by atoms with Gasteiger partial charge in [-0.25, -0.2) is 0 Å². The van der Waals surface area contributed by atoms with Crippen LogP contribution in [0, 0.1) is 0 Å². The van der Waals surface area contributed by atoms with E-state index >= 15 is 0 Å². The Morgan fingerprint density at radius 3 is 2.61 bits per heavy atom. The molecular weight excluding hydrogens is 352 g/mol. The van der Waals surface area contributed by atoms with Gasteiger partial charge in [-0.05, 0) is 51.0 Å². The normalized spacial score (nSPS) is 14.5. The van der Waals surface area contributed by atoms with Crippen molar-refractivity contribution in [2.45, 2.75) is 58.6 Å². The number of benzene rings is 1. The van der Waals surface area contributed by atoms with Crippen LogP contribution in [0.15, 0.2) is 42.7 Å². The molecule has 3 rings (SSSR count). The summed E-state index contributed by atoms with van der Waals surface area (Å²) in [5, 5.41) is 0. The fourth-order valence-corrected chi connectivity index (χ4v) is 3.80. The van der Waals surface area contributed by atoms with Crippen molar-refractivity contribution in [1.82, 2.24) is 9.88 Å². The molecule has 0 spiro atoms. The second-order valence-electron chi connectivity index (χ2n) is 7.13. The maximum absolute atomic E-state index is 13.1. The molecule has 1 fully saturated rings. The molecule has 0 atom stereocenters. The quantitative estimate of drug-likeness (QED) is 0.655. The molecule has 2 aromatic rings. The molecule has 1 aliphatic rings. The lowest BCUT2D eigenvalue weighted by Gasteiger charge is -2.33. The van der Waals surface area contributed by atoms with Crippen molar-refractivity contribution in [3.05, 3.63) is 53.9 Å². The molecule has 5 heteroatoms. The van der Waals surface area contributed by atoms with Crippen molar-refractivity contribution >= 4 is 5.91 Å². The van der Waals surface area contributed by atoms with E-state index in [1.165, 1.54) is 19.3 Å². The molecule has 0 bridgehead atoms. The third-order valence-electron chi connectivity index (χ3n) is 5.22. The molecule has 1 aliphatic carbocycles. The van der Waals surface area contributed by atoms with Crippen molar-refractivity contribution in [2.24, 2.45) is 0 Å². The Labute approximate surface area is 167 Å². The zero-order chi connectivity index (χ0) is 19.8. The first kappa shape index (κ1) is 20.2. The van der Waals surface area contributed by atoms with Gasteiger partial charge in [0, 0.05) is 36.1 Å². The molecule has 5 nitrogen and oxygen atoms in total. The predicted octanol–water partition coefficient (Wildman–Crippen LogP) is 4.85. The van der Waals surface area contributed by atoms with Gasteiger partial charge >= 0.3 is 0 Å². The van der Waals surface area contributed by atoms with Gasteiger partial charge in [-0.2, -0.15) is 0 Å². The van der Waals surface area contributed by atoms with Crippen molar-refractivity contribution in [1.29, 1.82) is 0 Å². The average molecular weight is 383 g/mol. The third kappa shape index (κ3) is 5.03. The van der Waals surface area contributed by atoms with Gasteiger partial charge in [-0.15, -0.1) is 0 Å². The highest BCUT2D eigenvalue weighted by Crippen LogP contribution is 2.31. The maximum Gasteiger partial charge on any atom is 0.254 e. The summed E-state index contributed by atoms with van der Waals surface area (Å²) in [6.07, 6.45) is 9.41. The first-order chi connectivity index (χ1) is 13.7. The first-order valence-electron chi connectivity index (χ1n) is 10.3. The number of ether oxygens (including phenoxy) is 2. The third-order valence-corrected chi connectivity index (χ3v) is 5.22. The molecule has 1 heterocycles. The Morgan fingerprint density at radius 2 is 1.93 bits per heavy atom. The molecule has 28 heavy (non-hydrogen) atoms. The molecular formula is C23H30N2O3. The summed E-state index contributed by atoms with van der Waals surface area (Å²) in [6.45, 7) is 5.64. The van der Waals surface area contributed by atoms with Crippen LogP contribution < -0.4 is 9.47 Å². The fourth-order valence-electron chi connectivity index (χ4n) is 3.80. The summed E-state index contributed by atoms with van der Waals surface area (Å²) >= 11 is 0. The largest absolute Gasteiger partial charge is 0.490 e. The second-order valence-corrected chi connectivity index (χ2v) is 7.13. The van der Waals surface area contributed by atoms with Crippen molar-refractivity contribution in [3.8, 4) is 11.5 Å². The van der Waals surface area contributed by atoms with Gasteiger partial charge in [0.1, 0.15) is 6.61 Å². The number of pyridine rings is 1. The van der Waals surface area contributed by atoms with Crippen LogP contribution in [0.5, 0.6) is 11.5 Å². The van der Waals surface area contributed by atoms with Gasteiger partial charge in [0.2, 0.25) is 0 Å². The van der Waals surface area contributed by atoms with Crippen molar-refractivity contribution < 1.29 is 14.3 Å². The molecule has 0 radical (unpaired) electrons. The number of nitrogens with zero attached hydrogens (tertiary/aromatic N) is 2. The molecule has 0 N–H and O–H groups in total. The van der Waals surface area contributed by atoms with E-state index in [0.717, 1.165) is 24.9 Å². The number of hydrogen-bond donors (Lipinski definition) is 0. The van der Waals surface area contributed by atoms with Crippen LogP contribution in [-0.2, 0) is 6.61 Å². The Morgan fingerprint density at radius 1 is 1.11 bits per heavy atom. The van der Waals surface area contributed by atoms with Crippen LogP contribution >= 0.6 is 0 Å². The molecule has 0 aliphatic heterocycles. The molecule has 1 aromatic heterocycles. The minimum Gasteiger partial charge on any atom is -0.490 e. The monoisotopic (exact) mass is 382 g/mol. The molecule has 0 unspecified atom stereocenters. The van der Waals surface area contributed by atoms with Crippen molar-refractivity contribution in [2.75, 3.05) is 13.2 Å². The van der Waals surface area contributed by atoms with Gasteiger partial charge in [0.15, 0.2) is 11.5 Å². The Hall–Kier alpha value is -2.56. The van der Waals surface area contributed by atoms with E-state index in [4.69, 9.17) is 9.47 Å². The number of aromatic nitrogens is 1. The second kappa shape index (κ2) is 10.1. The summed E-state index contributed by atoms with van der Waals surface area (Å²) in [5.41, 5.74) is 1.64. The van der Waals surface area contributed by atoms with E-state index in [2.05, 4.69) is 11.9 Å². The van der Waals surface area contributed by atoms with Crippen LogP contribution in [0.4, 0.5) is 0 Å². The van der Waals surface area contributed by atoms with Crippen LogP contribution in [0.2, 0.25) is 0 Å². The lowest BCUT2D eigenvalue weighted by Crippen LogP contribution is -2.41. The lowest BCUT2D eigenvalue weighted by molar-refractivity contribution is 0.0647. The molecule has 1 amide bonds. The fraction of sp³-hybridized carbons (Fsp3) is 0.478. The Kier molecular flexibility index (Phi) is 7.29. The van der Waals surface area contributed by atoms with Crippen LogP contribution in [-0.4, -0.2) is 35.0 Å². The molecule has 150 valence electrons. The van der Waals surface area contributed by atoms with E-state index in [0.29, 0.717) is 36.3 Å². The number of carbonyl (C=O) groups is 1. The average Bonchev–Trinajstić information content (AvgIpc) is 2.75. The van der Waals surface area contributed by atoms with Gasteiger partial charge < -0.3 is 14.4 Å². The van der Waals surface area contributed by atoms with Crippen LogP contribution in [0.1, 0.15) is 61.9 Å². The first-order valence-corrected chi connectivity index (χ1v) is 10.3. The van der Waals surface area contributed by atoms with Gasteiger partial charge in [-0.1, -0.05) is 25.3 Å². The zero-order valence-corrected chi connectivity index (χ0v) is 16.9. The number of carbonyl (C=O) groups excluding carboxylic acids is 1. The van der Waals surface area contributed by atoms with Crippen LogP contribution in [0.3, 0.4) is 0 Å². The van der Waals surface area contributed by atoms with Gasteiger partial charge in [0.25, 0.3) is 5.91 Å². The highest BCUT2D eigenvalue weighted by atomic mass is 16.5. The van der Waals surface area contributed by atoms with E-state index in [1.807, 2.05) is 42.2 Å². The van der Waals surface area contributed by atoms with Crippen LogP contribution in [0.25, 0.3) is 0 Å². The smallest absolute Gasteiger partial charge is 0.254 e. The highest BCUT2D eigenvalue weighted by molar-refractivity contribution is 5.95. The Balaban J connectivity index is 1.75. The maximum atomic E-state index is 13.1. The van der Waals surface area contributed by atoms with Gasteiger partial charge in [0.05, 0.1) is 6.61 Å². The summed E-state index contributed by atoms with van der Waals surface area (Å²) in [4.78, 5) is 19.3.